The lowest BCUT2D eigenvalue weighted by Crippen LogP contribution is -2.36. The van der Waals surface area contributed by atoms with Gasteiger partial charge in [-0.15, -0.1) is 6.58 Å². The monoisotopic (exact) mass is 229 g/mol. The number of fused-ring (bicyclic) bond motifs is 1. The lowest BCUT2D eigenvalue weighted by atomic mass is 9.79. The molecule has 0 saturated carbocycles. The van der Waals surface area contributed by atoms with Crippen molar-refractivity contribution in [1.29, 1.82) is 0 Å². The van der Waals surface area contributed by atoms with Crippen molar-refractivity contribution < 1.29 is 4.79 Å². The Morgan fingerprint density at radius 2 is 2.12 bits per heavy atom. The Labute approximate surface area is 103 Å². The highest BCUT2D eigenvalue weighted by Crippen LogP contribution is 2.43. The minimum absolute atomic E-state index is 0.211. The first kappa shape index (κ1) is 11.9. The number of anilines is 1. The van der Waals surface area contributed by atoms with Crippen molar-refractivity contribution in [3.8, 4) is 0 Å². The third-order valence-corrected chi connectivity index (χ3v) is 3.72. The van der Waals surface area contributed by atoms with Gasteiger partial charge in [-0.05, 0) is 37.8 Å². The van der Waals surface area contributed by atoms with Crippen molar-refractivity contribution in [2.45, 2.75) is 31.6 Å². The summed E-state index contributed by atoms with van der Waals surface area (Å²) in [6.45, 7) is 5.79. The zero-order valence-electron chi connectivity index (χ0n) is 10.6. The van der Waals surface area contributed by atoms with E-state index in [-0.39, 0.29) is 11.3 Å². The van der Waals surface area contributed by atoms with Crippen molar-refractivity contribution in [2.24, 2.45) is 0 Å². The van der Waals surface area contributed by atoms with E-state index in [0.29, 0.717) is 0 Å². The van der Waals surface area contributed by atoms with Gasteiger partial charge in [-0.1, -0.05) is 24.3 Å². The quantitative estimate of drug-likeness (QED) is 0.573. The molecule has 0 saturated heterocycles. The molecule has 1 aromatic carbocycles. The molecule has 1 atom stereocenters. The lowest BCUT2D eigenvalue weighted by molar-refractivity contribution is -0.122. The van der Waals surface area contributed by atoms with Gasteiger partial charge >= 0.3 is 0 Å². The fraction of sp³-hybridized carbons (Fsp3) is 0.400. The number of allylic oxidation sites excluding steroid dienone is 1. The standard InChI is InChI=1S/C15H19NO/c1-4-5-8-11-15(2)12-9-6-7-10-13(12)16(3)14(15)17/h4,6-7,9-10H,1,5,8,11H2,2-3H3. The maximum absolute atomic E-state index is 12.4. The molecule has 1 unspecified atom stereocenters. The minimum atomic E-state index is -0.353. The number of unbranched alkanes of at least 4 members (excludes halogenated alkanes) is 1. The highest BCUT2D eigenvalue weighted by atomic mass is 16.2. The summed E-state index contributed by atoms with van der Waals surface area (Å²) in [7, 11) is 1.86. The lowest BCUT2D eigenvalue weighted by Gasteiger charge is -2.22. The number of hydrogen-bond donors (Lipinski definition) is 0. The molecule has 0 aromatic heterocycles. The van der Waals surface area contributed by atoms with Gasteiger partial charge in [0.25, 0.3) is 0 Å². The van der Waals surface area contributed by atoms with E-state index in [1.807, 2.05) is 31.3 Å². The van der Waals surface area contributed by atoms with E-state index >= 15 is 0 Å². The fourth-order valence-corrected chi connectivity index (χ4v) is 2.67. The molecule has 1 heterocycles. The predicted molar refractivity (Wildman–Crippen MR) is 71.3 cm³/mol. The second kappa shape index (κ2) is 4.36. The van der Waals surface area contributed by atoms with Crippen molar-refractivity contribution in [3.05, 3.63) is 42.5 Å². The molecule has 90 valence electrons. The summed E-state index contributed by atoms with van der Waals surface area (Å²) in [5.74, 6) is 0.211. The van der Waals surface area contributed by atoms with Crippen LogP contribution in [0.25, 0.3) is 0 Å². The van der Waals surface area contributed by atoms with Crippen LogP contribution in [0.4, 0.5) is 5.69 Å². The van der Waals surface area contributed by atoms with E-state index in [0.717, 1.165) is 30.5 Å². The largest absolute Gasteiger partial charge is 0.314 e. The summed E-state index contributed by atoms with van der Waals surface area (Å²) >= 11 is 0. The Bertz CT molecular complexity index is 452. The van der Waals surface area contributed by atoms with E-state index in [1.165, 1.54) is 0 Å². The van der Waals surface area contributed by atoms with Gasteiger partial charge in [-0.2, -0.15) is 0 Å². The van der Waals surface area contributed by atoms with E-state index in [4.69, 9.17) is 0 Å². The van der Waals surface area contributed by atoms with Gasteiger partial charge in [0.05, 0.1) is 5.41 Å². The second-order valence-electron chi connectivity index (χ2n) is 4.89. The van der Waals surface area contributed by atoms with Crippen LogP contribution >= 0.6 is 0 Å². The Hall–Kier alpha value is -1.57. The van der Waals surface area contributed by atoms with Crippen LogP contribution in [0, 0.1) is 0 Å². The van der Waals surface area contributed by atoms with Crippen molar-refractivity contribution in [3.63, 3.8) is 0 Å². The number of hydrogen-bond acceptors (Lipinski definition) is 1. The van der Waals surface area contributed by atoms with Crippen LogP contribution in [0.1, 0.15) is 31.7 Å². The summed E-state index contributed by atoms with van der Waals surface area (Å²) < 4.78 is 0. The zero-order chi connectivity index (χ0) is 12.5. The van der Waals surface area contributed by atoms with Gasteiger partial charge in [-0.25, -0.2) is 0 Å². The molecule has 2 nitrogen and oxygen atoms in total. The molecule has 1 aliphatic rings. The molecule has 2 rings (SSSR count). The number of carbonyl (C=O) groups excluding carboxylic acids is 1. The van der Waals surface area contributed by atoms with E-state index in [2.05, 4.69) is 19.6 Å². The average Bonchev–Trinajstić information content (AvgIpc) is 2.54. The third kappa shape index (κ3) is 1.78. The molecule has 1 aliphatic heterocycles. The predicted octanol–water partition coefficient (Wildman–Crippen LogP) is 3.28. The molecule has 0 N–H and O–H groups in total. The Morgan fingerprint density at radius 3 is 2.82 bits per heavy atom. The highest BCUT2D eigenvalue weighted by molar-refractivity contribution is 6.07. The van der Waals surface area contributed by atoms with Crippen molar-refractivity contribution >= 4 is 11.6 Å². The molecule has 1 amide bonds. The van der Waals surface area contributed by atoms with Gasteiger partial charge in [-0.3, -0.25) is 4.79 Å². The number of benzene rings is 1. The van der Waals surface area contributed by atoms with Crippen LogP contribution in [0.5, 0.6) is 0 Å². The third-order valence-electron chi connectivity index (χ3n) is 3.72. The molecule has 0 spiro atoms. The first-order valence-corrected chi connectivity index (χ1v) is 6.10. The number of rotatable bonds is 4. The van der Waals surface area contributed by atoms with Crippen molar-refractivity contribution in [2.75, 3.05) is 11.9 Å². The summed E-state index contributed by atoms with van der Waals surface area (Å²) in [6.07, 6.45) is 4.78. The second-order valence-corrected chi connectivity index (χ2v) is 4.89. The first-order valence-electron chi connectivity index (χ1n) is 6.10. The smallest absolute Gasteiger partial charge is 0.237 e. The Kier molecular flexibility index (Phi) is 3.05. The van der Waals surface area contributed by atoms with Crippen LogP contribution in [0.15, 0.2) is 36.9 Å². The van der Waals surface area contributed by atoms with Gasteiger partial charge in [0, 0.05) is 12.7 Å². The zero-order valence-corrected chi connectivity index (χ0v) is 10.6. The molecular weight excluding hydrogens is 210 g/mol. The number of likely N-dealkylation sites (N-methyl/N-ethyl adjacent to an activating group) is 1. The van der Waals surface area contributed by atoms with E-state index < -0.39 is 0 Å². The van der Waals surface area contributed by atoms with Crippen LogP contribution < -0.4 is 4.90 Å². The van der Waals surface area contributed by atoms with Gasteiger partial charge in [0.2, 0.25) is 5.91 Å². The van der Waals surface area contributed by atoms with Crippen LogP contribution in [-0.4, -0.2) is 13.0 Å². The van der Waals surface area contributed by atoms with Gasteiger partial charge in [0.15, 0.2) is 0 Å². The molecule has 17 heavy (non-hydrogen) atoms. The maximum atomic E-state index is 12.4. The van der Waals surface area contributed by atoms with Crippen LogP contribution in [0.3, 0.4) is 0 Å². The number of nitrogens with zero attached hydrogens (tertiary/aromatic N) is 1. The van der Waals surface area contributed by atoms with Crippen molar-refractivity contribution in [1.82, 2.24) is 0 Å². The number of amides is 1. The van der Waals surface area contributed by atoms with Gasteiger partial charge in [0.1, 0.15) is 0 Å². The van der Waals surface area contributed by atoms with Crippen LogP contribution in [-0.2, 0) is 10.2 Å². The molecule has 0 radical (unpaired) electrons. The number of para-hydroxylation sites is 1. The number of carbonyl (C=O) groups is 1. The van der Waals surface area contributed by atoms with E-state index in [1.54, 1.807) is 4.90 Å². The molecule has 1 aromatic rings. The highest BCUT2D eigenvalue weighted by Gasteiger charge is 2.44. The molecule has 0 bridgehead atoms. The summed E-state index contributed by atoms with van der Waals surface area (Å²) in [5, 5.41) is 0. The fourth-order valence-electron chi connectivity index (χ4n) is 2.67. The summed E-state index contributed by atoms with van der Waals surface area (Å²) in [6, 6.07) is 8.09. The van der Waals surface area contributed by atoms with Gasteiger partial charge < -0.3 is 4.90 Å². The molecule has 0 aliphatic carbocycles. The Morgan fingerprint density at radius 1 is 1.41 bits per heavy atom. The first-order chi connectivity index (χ1) is 8.11. The summed E-state index contributed by atoms with van der Waals surface area (Å²) in [5.41, 5.74) is 1.86. The average molecular weight is 229 g/mol. The molecule has 2 heteroatoms. The van der Waals surface area contributed by atoms with E-state index in [9.17, 15) is 4.79 Å². The normalized spacial score (nSPS) is 22.7. The topological polar surface area (TPSA) is 20.3 Å². The van der Waals surface area contributed by atoms with Crippen LogP contribution in [0.2, 0.25) is 0 Å². The summed E-state index contributed by atoms with van der Waals surface area (Å²) in [4.78, 5) is 14.2. The maximum Gasteiger partial charge on any atom is 0.237 e. The molecular formula is C15H19NO. The minimum Gasteiger partial charge on any atom is -0.314 e. The molecule has 0 fully saturated rings. The SMILES string of the molecule is C=CCCCC1(C)C(=O)N(C)c2ccccc21. The Balaban J connectivity index is 2.34.